The van der Waals surface area contributed by atoms with Gasteiger partial charge in [-0.25, -0.2) is 0 Å². The lowest BCUT2D eigenvalue weighted by Gasteiger charge is -2.19. The zero-order valence-electron chi connectivity index (χ0n) is 22.3. The molecule has 0 aromatic heterocycles. The Labute approximate surface area is 205 Å². The van der Waals surface area contributed by atoms with Crippen LogP contribution in [0.4, 0.5) is 0 Å². The van der Waals surface area contributed by atoms with Crippen molar-refractivity contribution in [3.8, 4) is 0 Å². The molecule has 0 saturated carbocycles. The number of hydrogen-bond donors (Lipinski definition) is 1. The Morgan fingerprint density at radius 1 is 0.697 bits per heavy atom. The van der Waals surface area contributed by atoms with Gasteiger partial charge in [-0.1, -0.05) is 122 Å². The topological polar surface area (TPSA) is 57.6 Å². The summed E-state index contributed by atoms with van der Waals surface area (Å²) in [6.45, 7) is 5.22. The van der Waals surface area contributed by atoms with E-state index in [1.54, 1.807) is 4.90 Å². The maximum atomic E-state index is 12.5. The van der Waals surface area contributed by atoms with E-state index >= 15 is 0 Å². The molecule has 1 unspecified atom stereocenters. The molecule has 33 heavy (non-hydrogen) atoms. The summed E-state index contributed by atoms with van der Waals surface area (Å²) in [5, 5.41) is 9.51. The van der Waals surface area contributed by atoms with Gasteiger partial charge in [-0.05, 0) is 25.7 Å². The van der Waals surface area contributed by atoms with E-state index in [0.29, 0.717) is 6.42 Å². The molecule has 194 valence electrons. The van der Waals surface area contributed by atoms with Crippen LogP contribution < -0.4 is 0 Å². The van der Waals surface area contributed by atoms with Gasteiger partial charge in [0.15, 0.2) is 0 Å². The maximum absolute atomic E-state index is 12.5. The number of carbonyl (C=O) groups excluding carboxylic acids is 1. The second-order valence-electron chi connectivity index (χ2n) is 9.85. The van der Waals surface area contributed by atoms with Gasteiger partial charge in [-0.15, -0.1) is 0 Å². The highest BCUT2D eigenvalue weighted by molar-refractivity contribution is 5.82. The first-order chi connectivity index (χ1) is 16.0. The van der Waals surface area contributed by atoms with Crippen LogP contribution in [0.3, 0.4) is 0 Å². The van der Waals surface area contributed by atoms with Crippen LogP contribution in [0.25, 0.3) is 0 Å². The molecule has 4 heteroatoms. The van der Waals surface area contributed by atoms with Crippen LogP contribution >= 0.6 is 0 Å². The van der Waals surface area contributed by atoms with E-state index in [2.05, 4.69) is 19.9 Å². The van der Waals surface area contributed by atoms with Crippen LogP contribution in [-0.4, -0.2) is 35.5 Å². The minimum atomic E-state index is -0.865. The molecule has 1 atom stereocenters. The zero-order valence-corrected chi connectivity index (χ0v) is 22.3. The van der Waals surface area contributed by atoms with Gasteiger partial charge < -0.3 is 10.0 Å². The molecule has 0 bridgehead atoms. The predicted octanol–water partition coefficient (Wildman–Crippen LogP) is 8.54. The van der Waals surface area contributed by atoms with E-state index in [9.17, 15) is 14.7 Å². The van der Waals surface area contributed by atoms with Crippen LogP contribution in [0.15, 0.2) is 12.2 Å². The lowest BCUT2D eigenvalue weighted by atomic mass is 10.00. The second-order valence-corrected chi connectivity index (χ2v) is 9.85. The molecule has 1 N–H and O–H groups in total. The Hall–Kier alpha value is -1.32. The van der Waals surface area contributed by atoms with Gasteiger partial charge in [0.25, 0.3) is 0 Å². The third-order valence-electron chi connectivity index (χ3n) is 6.60. The largest absolute Gasteiger partial charge is 0.481 e. The third-order valence-corrected chi connectivity index (χ3v) is 6.60. The predicted molar refractivity (Wildman–Crippen MR) is 142 cm³/mol. The molecule has 0 aliphatic carbocycles. The Morgan fingerprint density at radius 2 is 1.15 bits per heavy atom. The molecule has 0 aromatic carbocycles. The molecule has 4 nitrogen and oxygen atoms in total. The highest BCUT2D eigenvalue weighted by Gasteiger charge is 2.21. The minimum Gasteiger partial charge on any atom is -0.481 e. The summed E-state index contributed by atoms with van der Waals surface area (Å²) in [7, 11) is 1.81. The molecule has 0 aliphatic heterocycles. The molecule has 0 saturated heterocycles. The Kier molecular flexibility index (Phi) is 22.9. The van der Waals surface area contributed by atoms with Gasteiger partial charge in [0.05, 0.1) is 5.92 Å². The molecule has 0 spiro atoms. The highest BCUT2D eigenvalue weighted by atomic mass is 16.4. The number of carboxylic acids is 1. The average molecular weight is 466 g/mol. The number of rotatable bonds is 24. The van der Waals surface area contributed by atoms with Gasteiger partial charge in [0.2, 0.25) is 5.91 Å². The molecule has 0 heterocycles. The molecule has 0 fully saturated rings. The summed E-state index contributed by atoms with van der Waals surface area (Å²) in [5.41, 5.74) is 0. The van der Waals surface area contributed by atoms with Crippen LogP contribution in [0, 0.1) is 5.92 Å². The van der Waals surface area contributed by atoms with Crippen molar-refractivity contribution >= 4 is 11.9 Å². The first-order valence-corrected chi connectivity index (χ1v) is 14.1. The van der Waals surface area contributed by atoms with Crippen molar-refractivity contribution in [3.63, 3.8) is 0 Å². The summed E-state index contributed by atoms with van der Waals surface area (Å²) in [6, 6.07) is 0. The van der Waals surface area contributed by atoms with Crippen LogP contribution in [0.1, 0.15) is 142 Å². The van der Waals surface area contributed by atoms with Crippen molar-refractivity contribution < 1.29 is 14.7 Å². The quantitative estimate of drug-likeness (QED) is 0.115. The number of nitrogens with zero attached hydrogens (tertiary/aromatic N) is 1. The van der Waals surface area contributed by atoms with Crippen molar-refractivity contribution in [1.82, 2.24) is 4.90 Å². The maximum Gasteiger partial charge on any atom is 0.307 e. The number of allylic oxidation sites excluding steroid dienone is 2. The van der Waals surface area contributed by atoms with Crippen molar-refractivity contribution in [2.24, 2.45) is 5.92 Å². The number of amides is 1. The highest BCUT2D eigenvalue weighted by Crippen LogP contribution is 2.15. The number of hydrogen-bond acceptors (Lipinski definition) is 2. The molecule has 0 aliphatic rings. The first-order valence-electron chi connectivity index (χ1n) is 14.1. The van der Waals surface area contributed by atoms with Crippen LogP contribution in [-0.2, 0) is 9.59 Å². The van der Waals surface area contributed by atoms with E-state index < -0.39 is 11.9 Å². The fraction of sp³-hybridized carbons (Fsp3) is 0.862. The Morgan fingerprint density at radius 3 is 1.64 bits per heavy atom. The lowest BCUT2D eigenvalue weighted by molar-refractivity contribution is -0.145. The Bertz CT molecular complexity index is 489. The fourth-order valence-corrected chi connectivity index (χ4v) is 4.20. The van der Waals surface area contributed by atoms with Gasteiger partial charge in [-0.2, -0.15) is 0 Å². The molecular formula is C29H55NO3. The van der Waals surface area contributed by atoms with Crippen LogP contribution in [0.2, 0.25) is 0 Å². The van der Waals surface area contributed by atoms with Gasteiger partial charge in [-0.3, -0.25) is 9.59 Å². The smallest absolute Gasteiger partial charge is 0.307 e. The Balaban J connectivity index is 3.87. The monoisotopic (exact) mass is 465 g/mol. The van der Waals surface area contributed by atoms with E-state index in [-0.39, 0.29) is 12.3 Å². The minimum absolute atomic E-state index is 0.0428. The van der Waals surface area contributed by atoms with E-state index in [4.69, 9.17) is 0 Å². The van der Waals surface area contributed by atoms with E-state index in [1.807, 2.05) is 13.1 Å². The molecule has 1 amide bonds. The summed E-state index contributed by atoms with van der Waals surface area (Å²) in [6.07, 6.45) is 27.4. The van der Waals surface area contributed by atoms with Gasteiger partial charge in [0, 0.05) is 20.0 Å². The van der Waals surface area contributed by atoms with Crippen LogP contribution in [0.5, 0.6) is 0 Å². The van der Waals surface area contributed by atoms with Crippen molar-refractivity contribution in [3.05, 3.63) is 12.2 Å². The molecule has 0 aromatic rings. The third kappa shape index (κ3) is 21.0. The number of aliphatic carboxylic acids is 1. The van der Waals surface area contributed by atoms with Gasteiger partial charge in [0.1, 0.15) is 0 Å². The summed E-state index contributed by atoms with van der Waals surface area (Å²) in [5.74, 6) is -1.52. The second kappa shape index (κ2) is 23.8. The van der Waals surface area contributed by atoms with Crippen molar-refractivity contribution in [1.29, 1.82) is 0 Å². The van der Waals surface area contributed by atoms with E-state index in [1.165, 1.54) is 96.3 Å². The van der Waals surface area contributed by atoms with Gasteiger partial charge >= 0.3 is 5.97 Å². The normalized spacial score (nSPS) is 12.3. The fourth-order valence-electron chi connectivity index (χ4n) is 4.20. The average Bonchev–Trinajstić information content (AvgIpc) is 2.80. The summed E-state index contributed by atoms with van der Waals surface area (Å²) >= 11 is 0. The molecule has 0 radical (unpaired) electrons. The number of carboxylic acid groups (broad SMARTS) is 1. The lowest BCUT2D eigenvalue weighted by Crippen LogP contribution is -2.31. The molecule has 0 rings (SSSR count). The standard InChI is InChI=1S/C29H55NO3/c1-4-6-8-10-12-14-16-18-20-22-24-27(29(32)33)26-28(31)30(3)25-23-21-19-17-15-13-11-9-7-5-2/h20,22,27H,4-19,21,23-26H2,1-3H3,(H,32,33). The SMILES string of the molecule is CCCCCCCCCC=CCC(CC(=O)N(C)CCCCCCCCCCCC)C(=O)O. The first kappa shape index (κ1) is 31.7. The van der Waals surface area contributed by atoms with Crippen molar-refractivity contribution in [2.75, 3.05) is 13.6 Å². The summed E-state index contributed by atoms with van der Waals surface area (Å²) in [4.78, 5) is 25.8. The molecular weight excluding hydrogens is 410 g/mol. The number of carbonyl (C=O) groups is 2. The van der Waals surface area contributed by atoms with E-state index in [0.717, 1.165) is 25.8 Å². The van der Waals surface area contributed by atoms with Crippen molar-refractivity contribution in [2.45, 2.75) is 142 Å². The number of unbranched alkanes of at least 4 members (excludes halogenated alkanes) is 16. The summed E-state index contributed by atoms with van der Waals surface area (Å²) < 4.78 is 0. The zero-order chi connectivity index (χ0) is 24.6.